The van der Waals surface area contributed by atoms with E-state index in [1.54, 1.807) is 0 Å². The number of nitrogens with zero attached hydrogens (tertiary/aromatic N) is 1. The maximum atomic E-state index is 11.2. The van der Waals surface area contributed by atoms with Crippen molar-refractivity contribution in [3.63, 3.8) is 0 Å². The Kier molecular flexibility index (Phi) is 4.33. The van der Waals surface area contributed by atoms with E-state index in [1.165, 1.54) is 12.1 Å². The van der Waals surface area contributed by atoms with Crippen molar-refractivity contribution in [2.75, 3.05) is 0 Å². The number of rotatable bonds is 5. The average molecular weight is 236 g/mol. The maximum Gasteiger partial charge on any atom is 0.312 e. The minimum atomic E-state index is -0.709. The number of aldehydes is 1. The Morgan fingerprint density at radius 2 is 2.24 bits per heavy atom. The van der Waals surface area contributed by atoms with Crippen molar-refractivity contribution in [2.24, 2.45) is 0 Å². The molecule has 89 valence electrons. The van der Waals surface area contributed by atoms with Gasteiger partial charge in [0.2, 0.25) is 5.75 Å². The third kappa shape index (κ3) is 3.37. The molecule has 0 aromatic heterocycles. The third-order valence-corrected chi connectivity index (χ3v) is 1.92. The summed E-state index contributed by atoms with van der Waals surface area (Å²) in [7, 11) is 0. The topological polar surface area (TPSA) is 86.5 Å². The highest BCUT2D eigenvalue weighted by Gasteiger charge is 2.18. The number of carbonyl (C=O) groups is 2. The fourth-order valence-corrected chi connectivity index (χ4v) is 1.15. The van der Waals surface area contributed by atoms with Crippen LogP contribution in [-0.2, 0) is 4.79 Å². The number of nitro groups is 1. The predicted molar refractivity (Wildman–Crippen MR) is 58.7 cm³/mol. The van der Waals surface area contributed by atoms with Gasteiger partial charge in [-0.1, -0.05) is 6.92 Å². The van der Waals surface area contributed by atoms with Crippen LogP contribution in [0.1, 0.15) is 23.2 Å². The van der Waals surface area contributed by atoms with Crippen LogP contribution in [0.5, 0.6) is 5.75 Å². The number of nitro benzene ring substituents is 1. The van der Waals surface area contributed by atoms with Crippen LogP contribution >= 0.6 is 0 Å². The van der Waals surface area contributed by atoms with E-state index in [-0.39, 0.29) is 17.7 Å². The Hall–Kier alpha value is -2.24. The Labute approximate surface area is 97.3 Å². The van der Waals surface area contributed by atoms with Crippen LogP contribution in [0.2, 0.25) is 0 Å². The van der Waals surface area contributed by atoms with Crippen LogP contribution in [0.15, 0.2) is 18.2 Å². The SMILES string of the molecule is [CH2]CCC(=O)Oc1ccc(C=O)cc1[N+](=O)[O-]. The van der Waals surface area contributed by atoms with Gasteiger partial charge in [-0.3, -0.25) is 19.7 Å². The first-order chi connectivity index (χ1) is 8.08. The fraction of sp³-hybridized carbons (Fsp3) is 0.182. The number of carbonyl (C=O) groups excluding carboxylic acids is 2. The molecule has 1 aromatic carbocycles. The van der Waals surface area contributed by atoms with Crippen molar-refractivity contribution in [3.05, 3.63) is 40.8 Å². The van der Waals surface area contributed by atoms with E-state index in [0.29, 0.717) is 12.7 Å². The lowest BCUT2D eigenvalue weighted by Crippen LogP contribution is -2.08. The third-order valence-electron chi connectivity index (χ3n) is 1.92. The normalized spacial score (nSPS) is 9.71. The highest BCUT2D eigenvalue weighted by Crippen LogP contribution is 2.27. The summed E-state index contributed by atoms with van der Waals surface area (Å²) in [4.78, 5) is 31.7. The molecule has 0 saturated heterocycles. The number of hydrogen-bond donors (Lipinski definition) is 0. The molecule has 17 heavy (non-hydrogen) atoms. The summed E-state index contributed by atoms with van der Waals surface area (Å²) in [6.07, 6.45) is 0.903. The monoisotopic (exact) mass is 236 g/mol. The zero-order valence-corrected chi connectivity index (χ0v) is 8.92. The van der Waals surface area contributed by atoms with Crippen molar-refractivity contribution in [2.45, 2.75) is 12.8 Å². The lowest BCUT2D eigenvalue weighted by molar-refractivity contribution is -0.385. The second-order valence-electron chi connectivity index (χ2n) is 3.18. The van der Waals surface area contributed by atoms with Crippen LogP contribution in [0.4, 0.5) is 5.69 Å². The Bertz CT molecular complexity index is 455. The Morgan fingerprint density at radius 1 is 1.53 bits per heavy atom. The Morgan fingerprint density at radius 3 is 2.76 bits per heavy atom. The Balaban J connectivity index is 3.02. The lowest BCUT2D eigenvalue weighted by Gasteiger charge is -2.04. The molecule has 0 N–H and O–H groups in total. The van der Waals surface area contributed by atoms with Gasteiger partial charge in [-0.25, -0.2) is 0 Å². The number of hydrogen-bond acceptors (Lipinski definition) is 5. The second kappa shape index (κ2) is 5.74. The summed E-state index contributed by atoms with van der Waals surface area (Å²) in [5.74, 6) is -0.763. The smallest absolute Gasteiger partial charge is 0.312 e. The number of benzene rings is 1. The molecule has 6 nitrogen and oxygen atoms in total. The van der Waals surface area contributed by atoms with E-state index < -0.39 is 16.6 Å². The number of esters is 1. The molecule has 0 atom stereocenters. The van der Waals surface area contributed by atoms with E-state index in [1.807, 2.05) is 0 Å². The molecule has 0 amide bonds. The van der Waals surface area contributed by atoms with Gasteiger partial charge in [-0.2, -0.15) is 0 Å². The second-order valence-corrected chi connectivity index (χ2v) is 3.18. The molecule has 0 bridgehead atoms. The minimum absolute atomic E-state index is 0.0760. The van der Waals surface area contributed by atoms with Gasteiger partial charge in [0.05, 0.1) is 4.92 Å². The summed E-state index contributed by atoms with van der Waals surface area (Å²) in [6, 6.07) is 3.62. The molecular weight excluding hydrogens is 226 g/mol. The first-order valence-corrected chi connectivity index (χ1v) is 4.82. The molecule has 6 heteroatoms. The molecule has 1 radical (unpaired) electrons. The van der Waals surface area contributed by atoms with Crippen LogP contribution in [-0.4, -0.2) is 17.2 Å². The molecule has 0 aliphatic carbocycles. The molecule has 0 aliphatic rings. The molecule has 1 aromatic rings. The standard InChI is InChI=1S/C11H10NO5/c1-2-3-11(14)17-10-5-4-8(7-13)6-9(10)12(15)16/h4-7H,1-3H2. The largest absolute Gasteiger partial charge is 0.419 e. The average Bonchev–Trinajstić information content (AvgIpc) is 2.29. The summed E-state index contributed by atoms with van der Waals surface area (Å²) in [5, 5.41) is 10.7. The lowest BCUT2D eigenvalue weighted by atomic mass is 10.2. The van der Waals surface area contributed by atoms with Gasteiger partial charge < -0.3 is 4.74 Å². The molecule has 0 fully saturated rings. The quantitative estimate of drug-likeness (QED) is 0.256. The van der Waals surface area contributed by atoms with Crippen LogP contribution in [0, 0.1) is 17.0 Å². The van der Waals surface area contributed by atoms with E-state index in [9.17, 15) is 19.7 Å². The van der Waals surface area contributed by atoms with Crippen molar-refractivity contribution in [1.82, 2.24) is 0 Å². The van der Waals surface area contributed by atoms with Crippen molar-refractivity contribution >= 4 is 17.9 Å². The van der Waals surface area contributed by atoms with Gasteiger partial charge in [0.1, 0.15) is 6.29 Å². The van der Waals surface area contributed by atoms with E-state index in [4.69, 9.17) is 4.74 Å². The first-order valence-electron chi connectivity index (χ1n) is 4.82. The van der Waals surface area contributed by atoms with Crippen molar-refractivity contribution < 1.29 is 19.2 Å². The van der Waals surface area contributed by atoms with E-state index >= 15 is 0 Å². The molecule has 0 aliphatic heterocycles. The molecule has 0 saturated carbocycles. The summed E-state index contributed by atoms with van der Waals surface area (Å²) >= 11 is 0. The zero-order chi connectivity index (χ0) is 12.8. The fourth-order valence-electron chi connectivity index (χ4n) is 1.15. The molecule has 0 heterocycles. The number of ether oxygens (including phenoxy) is 1. The van der Waals surface area contributed by atoms with Crippen molar-refractivity contribution in [1.29, 1.82) is 0 Å². The molecule has 0 unspecified atom stereocenters. The maximum absolute atomic E-state index is 11.2. The highest BCUT2D eigenvalue weighted by molar-refractivity contribution is 5.79. The summed E-state index contributed by atoms with van der Waals surface area (Å²) in [5.41, 5.74) is -0.263. The van der Waals surface area contributed by atoms with E-state index in [0.717, 1.165) is 6.07 Å². The van der Waals surface area contributed by atoms with Gasteiger partial charge in [0.15, 0.2) is 0 Å². The zero-order valence-electron chi connectivity index (χ0n) is 8.92. The minimum Gasteiger partial charge on any atom is -0.419 e. The summed E-state index contributed by atoms with van der Waals surface area (Å²) in [6.45, 7) is 3.47. The first kappa shape index (κ1) is 12.8. The van der Waals surface area contributed by atoms with Crippen LogP contribution < -0.4 is 4.74 Å². The van der Waals surface area contributed by atoms with Gasteiger partial charge in [-0.15, -0.1) is 0 Å². The van der Waals surface area contributed by atoms with Gasteiger partial charge in [0, 0.05) is 18.1 Å². The highest BCUT2D eigenvalue weighted by atomic mass is 16.6. The molecular formula is C11H10NO5. The van der Waals surface area contributed by atoms with Crippen LogP contribution in [0.3, 0.4) is 0 Å². The van der Waals surface area contributed by atoms with Gasteiger partial charge >= 0.3 is 11.7 Å². The summed E-state index contributed by atoms with van der Waals surface area (Å²) < 4.78 is 4.81. The molecule has 0 spiro atoms. The van der Waals surface area contributed by atoms with Gasteiger partial charge in [-0.05, 0) is 18.6 Å². The van der Waals surface area contributed by atoms with Crippen LogP contribution in [0.25, 0.3) is 0 Å². The van der Waals surface area contributed by atoms with Crippen molar-refractivity contribution in [3.8, 4) is 5.75 Å². The predicted octanol–water partition coefficient (Wildman–Crippen LogP) is 1.93. The van der Waals surface area contributed by atoms with Gasteiger partial charge in [0.25, 0.3) is 0 Å². The molecule has 1 rings (SSSR count). The van der Waals surface area contributed by atoms with E-state index in [2.05, 4.69) is 6.92 Å².